The molecule has 0 spiro atoms. The Morgan fingerprint density at radius 2 is 1.60 bits per heavy atom. The molecule has 7 heteroatoms. The Balaban J connectivity index is 2.76. The lowest BCUT2D eigenvalue weighted by atomic mass is 9.92. The molecule has 3 atom stereocenters. The fourth-order valence-electron chi connectivity index (χ4n) is 2.05. The van der Waals surface area contributed by atoms with Crippen LogP contribution in [0.25, 0.3) is 0 Å². The van der Waals surface area contributed by atoms with Crippen molar-refractivity contribution in [3.8, 4) is 0 Å². The predicted molar refractivity (Wildman–Crippen MR) is 70.0 cm³/mol. The number of ether oxygens (including phenoxy) is 6. The van der Waals surface area contributed by atoms with Gasteiger partial charge in [0.2, 0.25) is 0 Å². The van der Waals surface area contributed by atoms with Gasteiger partial charge in [-0.15, -0.1) is 0 Å². The number of aliphatic hydroxyl groups is 1. The molecule has 118 valence electrons. The molecule has 0 unspecified atom stereocenters. The maximum Gasteiger partial charge on any atom is 0.147 e. The number of methoxy groups -OCH3 is 3. The molecular weight excluding hydrogens is 268 g/mol. The minimum absolute atomic E-state index is 0.0450. The highest BCUT2D eigenvalue weighted by atomic mass is 16.7. The number of aliphatic hydroxyl groups excluding tert-OH is 1. The predicted octanol–water partition coefficient (Wildman–Crippen LogP) is 0.276. The van der Waals surface area contributed by atoms with E-state index in [0.29, 0.717) is 6.42 Å². The van der Waals surface area contributed by atoms with Gasteiger partial charge >= 0.3 is 0 Å². The van der Waals surface area contributed by atoms with E-state index < -0.39 is 0 Å². The Bertz CT molecular complexity index is 282. The second-order valence-electron chi connectivity index (χ2n) is 4.37. The van der Waals surface area contributed by atoms with Crippen molar-refractivity contribution in [1.29, 1.82) is 0 Å². The van der Waals surface area contributed by atoms with Crippen molar-refractivity contribution in [2.24, 2.45) is 0 Å². The van der Waals surface area contributed by atoms with Crippen LogP contribution in [0.5, 0.6) is 0 Å². The first-order valence-electron chi connectivity index (χ1n) is 6.38. The van der Waals surface area contributed by atoms with E-state index >= 15 is 0 Å². The lowest BCUT2D eigenvalue weighted by molar-refractivity contribution is -0.201. The standard InChI is InChI=1S/C13H24O7/c1-15-7-18-11-4-10(6-14)5-12(19-8-16-2)13(11)20-9-17-3/h4,11-14H,5-9H2,1-3H3/t11-,12-,13-/m1/s1. The third-order valence-corrected chi connectivity index (χ3v) is 2.91. The van der Waals surface area contributed by atoms with Crippen LogP contribution in [0, 0.1) is 0 Å². The number of rotatable bonds is 10. The van der Waals surface area contributed by atoms with Crippen LogP contribution in [-0.4, -0.2) is 71.7 Å². The normalized spacial score (nSPS) is 26.6. The Hall–Kier alpha value is -0.540. The molecular formula is C13H24O7. The summed E-state index contributed by atoms with van der Waals surface area (Å²) >= 11 is 0. The van der Waals surface area contributed by atoms with Crippen molar-refractivity contribution in [2.75, 3.05) is 48.3 Å². The monoisotopic (exact) mass is 292 g/mol. The van der Waals surface area contributed by atoms with Crippen LogP contribution in [0.15, 0.2) is 11.6 Å². The van der Waals surface area contributed by atoms with Gasteiger partial charge in [-0.25, -0.2) is 0 Å². The largest absolute Gasteiger partial charge is 0.392 e. The van der Waals surface area contributed by atoms with E-state index in [1.54, 1.807) is 21.3 Å². The molecule has 1 N–H and O–H groups in total. The third kappa shape index (κ3) is 5.45. The van der Waals surface area contributed by atoms with Crippen LogP contribution in [0.4, 0.5) is 0 Å². The molecule has 0 saturated carbocycles. The maximum atomic E-state index is 9.33. The van der Waals surface area contributed by atoms with Crippen molar-refractivity contribution < 1.29 is 33.5 Å². The van der Waals surface area contributed by atoms with Crippen molar-refractivity contribution in [2.45, 2.75) is 24.7 Å². The SMILES string of the molecule is COCO[C@@H]1[C@H](OCOC)C=C(CO)C[C@H]1OCOC. The molecule has 0 aliphatic heterocycles. The fraction of sp³-hybridized carbons (Fsp3) is 0.846. The molecule has 0 radical (unpaired) electrons. The molecule has 1 aliphatic carbocycles. The summed E-state index contributed by atoms with van der Waals surface area (Å²) in [7, 11) is 4.65. The van der Waals surface area contributed by atoms with Gasteiger partial charge in [0.15, 0.2) is 0 Å². The van der Waals surface area contributed by atoms with Crippen molar-refractivity contribution >= 4 is 0 Å². The van der Waals surface area contributed by atoms with Crippen LogP contribution in [0.2, 0.25) is 0 Å². The maximum absolute atomic E-state index is 9.33. The first-order chi connectivity index (χ1) is 9.76. The topological polar surface area (TPSA) is 75.6 Å². The van der Waals surface area contributed by atoms with Crippen molar-refractivity contribution in [3.05, 3.63) is 11.6 Å². The Morgan fingerprint density at radius 1 is 1.00 bits per heavy atom. The van der Waals surface area contributed by atoms with Gasteiger partial charge in [0.05, 0.1) is 12.7 Å². The number of hydrogen-bond donors (Lipinski definition) is 1. The molecule has 0 bridgehead atoms. The van der Waals surface area contributed by atoms with Gasteiger partial charge in [-0.2, -0.15) is 0 Å². The van der Waals surface area contributed by atoms with Gasteiger partial charge in [0, 0.05) is 21.3 Å². The van der Waals surface area contributed by atoms with E-state index in [4.69, 9.17) is 28.4 Å². The first kappa shape index (κ1) is 17.5. The highest BCUT2D eigenvalue weighted by Crippen LogP contribution is 2.26. The van der Waals surface area contributed by atoms with Crippen LogP contribution in [0.1, 0.15) is 6.42 Å². The van der Waals surface area contributed by atoms with E-state index in [1.165, 1.54) is 0 Å². The molecule has 7 nitrogen and oxygen atoms in total. The highest BCUT2D eigenvalue weighted by Gasteiger charge is 2.35. The van der Waals surface area contributed by atoms with Crippen LogP contribution < -0.4 is 0 Å². The molecule has 0 amide bonds. The second kappa shape index (κ2) is 10.2. The highest BCUT2D eigenvalue weighted by molar-refractivity contribution is 5.15. The van der Waals surface area contributed by atoms with Crippen molar-refractivity contribution in [1.82, 2.24) is 0 Å². The average Bonchev–Trinajstić information content (AvgIpc) is 2.48. The lowest BCUT2D eigenvalue weighted by Gasteiger charge is -2.35. The summed E-state index contributed by atoms with van der Waals surface area (Å²) in [6.07, 6.45) is 1.39. The zero-order chi connectivity index (χ0) is 14.8. The smallest absolute Gasteiger partial charge is 0.147 e. The molecule has 0 aromatic carbocycles. The molecule has 1 aliphatic rings. The minimum atomic E-state index is -0.372. The zero-order valence-electron chi connectivity index (χ0n) is 12.2. The molecule has 0 heterocycles. The Kier molecular flexibility index (Phi) is 8.95. The van der Waals surface area contributed by atoms with Crippen molar-refractivity contribution in [3.63, 3.8) is 0 Å². The van der Waals surface area contributed by atoms with E-state index in [0.717, 1.165) is 5.57 Å². The molecule has 0 fully saturated rings. The van der Waals surface area contributed by atoms with E-state index in [9.17, 15) is 5.11 Å². The molecule has 0 aromatic rings. The van der Waals surface area contributed by atoms with Gasteiger partial charge in [-0.3, -0.25) is 0 Å². The van der Waals surface area contributed by atoms with Gasteiger partial charge < -0.3 is 33.5 Å². The minimum Gasteiger partial charge on any atom is -0.392 e. The zero-order valence-corrected chi connectivity index (χ0v) is 12.2. The summed E-state index contributed by atoms with van der Waals surface area (Å²) in [5.74, 6) is 0. The third-order valence-electron chi connectivity index (χ3n) is 2.91. The van der Waals surface area contributed by atoms with E-state index in [1.807, 2.05) is 6.08 Å². The van der Waals surface area contributed by atoms with Crippen LogP contribution in [-0.2, 0) is 28.4 Å². The van der Waals surface area contributed by atoms with Crippen LogP contribution >= 0.6 is 0 Å². The summed E-state index contributed by atoms with van der Waals surface area (Å²) < 4.78 is 31.6. The van der Waals surface area contributed by atoms with Gasteiger partial charge in [0.1, 0.15) is 32.6 Å². The molecule has 0 aromatic heterocycles. The summed E-state index contributed by atoms with van der Waals surface area (Å²) in [6, 6.07) is 0. The van der Waals surface area contributed by atoms with E-state index in [2.05, 4.69) is 0 Å². The summed E-state index contributed by atoms with van der Waals surface area (Å²) in [5, 5.41) is 9.33. The van der Waals surface area contributed by atoms with E-state index in [-0.39, 0.29) is 45.3 Å². The molecule has 0 saturated heterocycles. The second-order valence-corrected chi connectivity index (χ2v) is 4.37. The number of hydrogen-bond acceptors (Lipinski definition) is 7. The quantitative estimate of drug-likeness (QED) is 0.458. The first-order valence-corrected chi connectivity index (χ1v) is 6.38. The Labute approximate surface area is 119 Å². The molecule has 20 heavy (non-hydrogen) atoms. The summed E-state index contributed by atoms with van der Waals surface area (Å²) in [4.78, 5) is 0. The van der Waals surface area contributed by atoms with Gasteiger partial charge in [0.25, 0.3) is 0 Å². The summed E-state index contributed by atoms with van der Waals surface area (Å²) in [6.45, 7) is 0.361. The van der Waals surface area contributed by atoms with Gasteiger partial charge in [-0.05, 0) is 12.0 Å². The van der Waals surface area contributed by atoms with Gasteiger partial charge in [-0.1, -0.05) is 6.08 Å². The molecule has 1 rings (SSSR count). The van der Waals surface area contributed by atoms with Crippen LogP contribution in [0.3, 0.4) is 0 Å². The summed E-state index contributed by atoms with van der Waals surface area (Å²) in [5.41, 5.74) is 0.837. The fourth-order valence-corrected chi connectivity index (χ4v) is 2.05. The Morgan fingerprint density at radius 3 is 2.20 bits per heavy atom. The average molecular weight is 292 g/mol. The lowest BCUT2D eigenvalue weighted by Crippen LogP contribution is -2.46.